The highest BCUT2D eigenvalue weighted by Gasteiger charge is 2.21. The van der Waals surface area contributed by atoms with E-state index in [1.165, 1.54) is 0 Å². The van der Waals surface area contributed by atoms with E-state index in [0.29, 0.717) is 10.2 Å². The third-order valence-electron chi connectivity index (χ3n) is 1.93. The van der Waals surface area contributed by atoms with E-state index >= 15 is 0 Å². The molecule has 0 aromatic heterocycles. The van der Waals surface area contributed by atoms with Gasteiger partial charge in [0.2, 0.25) is 0 Å². The molecule has 0 atom stereocenters. The number of benzene rings is 1. The van der Waals surface area contributed by atoms with E-state index in [9.17, 15) is 17.6 Å². The van der Waals surface area contributed by atoms with Crippen molar-refractivity contribution in [3.05, 3.63) is 34.4 Å². The Morgan fingerprint density at radius 2 is 1.31 bits per heavy atom. The molecule has 0 amide bonds. The van der Waals surface area contributed by atoms with Crippen molar-refractivity contribution < 1.29 is 17.6 Å². The fourth-order valence-corrected chi connectivity index (χ4v) is 1.72. The highest BCUT2D eigenvalue weighted by atomic mass is 28.1. The van der Waals surface area contributed by atoms with Gasteiger partial charge in [-0.1, -0.05) is 0 Å². The molecule has 5 heteroatoms. The van der Waals surface area contributed by atoms with Crippen LogP contribution in [0.3, 0.4) is 0 Å². The minimum Gasteiger partial charge on any atom is -0.203 e. The van der Waals surface area contributed by atoms with Crippen LogP contribution in [-0.4, -0.2) is 10.2 Å². The number of hydrogen-bond acceptors (Lipinski definition) is 0. The van der Waals surface area contributed by atoms with Crippen molar-refractivity contribution in [1.29, 1.82) is 0 Å². The molecule has 0 unspecified atom stereocenters. The number of hydrogen-bond donors (Lipinski definition) is 0. The molecule has 1 aromatic carbocycles. The average molecular weight is 208 g/mol. The zero-order valence-corrected chi connectivity index (χ0v) is 9.22. The number of rotatable bonds is 1. The smallest absolute Gasteiger partial charge is 0.165 e. The minimum atomic E-state index is -1.29. The van der Waals surface area contributed by atoms with E-state index in [1.54, 1.807) is 0 Å². The lowest BCUT2D eigenvalue weighted by atomic mass is 10.1. The Bertz CT molecular complexity index is 319. The van der Waals surface area contributed by atoms with E-state index in [-0.39, 0.29) is 6.04 Å². The van der Waals surface area contributed by atoms with Crippen LogP contribution < -0.4 is 0 Å². The molecule has 13 heavy (non-hydrogen) atoms. The van der Waals surface area contributed by atoms with Crippen LogP contribution in [0, 0.1) is 30.2 Å². The largest absolute Gasteiger partial charge is 0.203 e. The lowest BCUT2D eigenvalue weighted by molar-refractivity contribution is 0.435. The second-order valence-electron chi connectivity index (χ2n) is 2.71. The van der Waals surface area contributed by atoms with Gasteiger partial charge in [-0.05, 0) is 13.0 Å². The standard InChI is InChI=1S/C8H8F4Si/c1-3-5(9)7(11)4(2-13)8(12)6(3)10/h2H2,1,13H3. The van der Waals surface area contributed by atoms with Gasteiger partial charge < -0.3 is 0 Å². The summed E-state index contributed by atoms with van der Waals surface area (Å²) >= 11 is 0. The van der Waals surface area contributed by atoms with Crippen LogP contribution in [0.15, 0.2) is 0 Å². The van der Waals surface area contributed by atoms with Crippen molar-refractivity contribution >= 4 is 10.2 Å². The van der Waals surface area contributed by atoms with Gasteiger partial charge >= 0.3 is 0 Å². The first kappa shape index (κ1) is 10.2. The lowest BCUT2D eigenvalue weighted by Crippen LogP contribution is -2.06. The summed E-state index contributed by atoms with van der Waals surface area (Å²) in [7, 11) is 0.454. The fourth-order valence-electron chi connectivity index (χ4n) is 1.10. The zero-order valence-electron chi connectivity index (χ0n) is 7.22. The summed E-state index contributed by atoms with van der Waals surface area (Å²) in [5, 5.41) is 0. The molecule has 0 spiro atoms. The maximum atomic E-state index is 12.9. The van der Waals surface area contributed by atoms with Gasteiger partial charge in [-0.2, -0.15) is 0 Å². The first-order valence-electron chi connectivity index (χ1n) is 3.82. The Hall–Kier alpha value is -0.843. The molecule has 0 nitrogen and oxygen atoms in total. The molecule has 1 aromatic rings. The van der Waals surface area contributed by atoms with Gasteiger partial charge in [0, 0.05) is 21.4 Å². The molecule has 0 aliphatic rings. The van der Waals surface area contributed by atoms with Crippen molar-refractivity contribution in [3.63, 3.8) is 0 Å². The molecule has 0 N–H and O–H groups in total. The van der Waals surface area contributed by atoms with Gasteiger partial charge in [-0.25, -0.2) is 17.6 Å². The third kappa shape index (κ3) is 1.48. The molecule has 0 bridgehead atoms. The molecule has 0 saturated carbocycles. The Morgan fingerprint density at radius 1 is 0.923 bits per heavy atom. The molecule has 0 radical (unpaired) electrons. The Balaban J connectivity index is 3.56. The normalized spacial score (nSPS) is 10.8. The van der Waals surface area contributed by atoms with Crippen molar-refractivity contribution in [2.24, 2.45) is 0 Å². The van der Waals surface area contributed by atoms with E-state index in [2.05, 4.69) is 0 Å². The predicted molar refractivity (Wildman–Crippen MR) is 44.7 cm³/mol. The Morgan fingerprint density at radius 3 is 1.62 bits per heavy atom. The lowest BCUT2D eigenvalue weighted by Gasteiger charge is -2.07. The van der Waals surface area contributed by atoms with Crippen LogP contribution in [0.1, 0.15) is 11.1 Å². The zero-order chi connectivity index (χ0) is 10.2. The fraction of sp³-hybridized carbons (Fsp3) is 0.250. The minimum absolute atomic E-state index is 0.0613. The van der Waals surface area contributed by atoms with Crippen LogP contribution in [0.4, 0.5) is 17.6 Å². The van der Waals surface area contributed by atoms with Crippen molar-refractivity contribution in [2.75, 3.05) is 0 Å². The summed E-state index contributed by atoms with van der Waals surface area (Å²) in [6, 6.07) is 0.0613. The quantitative estimate of drug-likeness (QED) is 0.372. The second kappa shape index (κ2) is 3.49. The second-order valence-corrected chi connectivity index (χ2v) is 3.42. The summed E-state index contributed by atoms with van der Waals surface area (Å²) in [4.78, 5) is 0. The summed E-state index contributed by atoms with van der Waals surface area (Å²) in [6.45, 7) is 1.01. The van der Waals surface area contributed by atoms with Crippen LogP contribution in [0.5, 0.6) is 0 Å². The first-order valence-corrected chi connectivity index (χ1v) is 5.23. The van der Waals surface area contributed by atoms with Crippen LogP contribution in [0.2, 0.25) is 0 Å². The highest BCUT2D eigenvalue weighted by Crippen LogP contribution is 2.22. The van der Waals surface area contributed by atoms with Gasteiger partial charge in [0.15, 0.2) is 23.3 Å². The molecular formula is C8H8F4Si. The Labute approximate surface area is 76.0 Å². The maximum absolute atomic E-state index is 12.9. The molecule has 0 aliphatic carbocycles. The van der Waals surface area contributed by atoms with Crippen LogP contribution in [-0.2, 0) is 6.04 Å². The van der Waals surface area contributed by atoms with E-state index in [0.717, 1.165) is 6.92 Å². The maximum Gasteiger partial charge on any atom is 0.165 e. The van der Waals surface area contributed by atoms with E-state index in [1.807, 2.05) is 0 Å². The third-order valence-corrected chi connectivity index (χ3v) is 2.63. The monoisotopic (exact) mass is 208 g/mol. The highest BCUT2D eigenvalue weighted by molar-refractivity contribution is 6.08. The SMILES string of the molecule is Cc1c(F)c(F)c(C[SiH3])c(F)c1F. The molecule has 0 fully saturated rings. The molecule has 0 aliphatic heterocycles. The van der Waals surface area contributed by atoms with Gasteiger partial charge in [0.1, 0.15) is 0 Å². The first-order chi connectivity index (χ1) is 6.00. The van der Waals surface area contributed by atoms with Gasteiger partial charge in [0.25, 0.3) is 0 Å². The summed E-state index contributed by atoms with van der Waals surface area (Å²) in [5.41, 5.74) is -1.08. The van der Waals surface area contributed by atoms with Gasteiger partial charge in [0.05, 0.1) is 0 Å². The van der Waals surface area contributed by atoms with E-state index < -0.39 is 34.4 Å². The molecule has 0 saturated heterocycles. The van der Waals surface area contributed by atoms with Crippen LogP contribution in [0.25, 0.3) is 0 Å². The van der Waals surface area contributed by atoms with Crippen molar-refractivity contribution in [3.8, 4) is 0 Å². The summed E-state index contributed by atoms with van der Waals surface area (Å²) in [5.74, 6) is -5.09. The van der Waals surface area contributed by atoms with E-state index in [4.69, 9.17) is 0 Å². The Kier molecular flexibility index (Phi) is 2.75. The van der Waals surface area contributed by atoms with Gasteiger partial charge in [-0.15, -0.1) is 0 Å². The summed E-state index contributed by atoms with van der Waals surface area (Å²) < 4.78 is 51.6. The topological polar surface area (TPSA) is 0 Å². The molecular weight excluding hydrogens is 200 g/mol. The molecule has 0 heterocycles. The predicted octanol–water partition coefficient (Wildman–Crippen LogP) is 1.42. The molecule has 1 rings (SSSR count). The van der Waals surface area contributed by atoms with Crippen LogP contribution >= 0.6 is 0 Å². The molecule has 72 valence electrons. The van der Waals surface area contributed by atoms with Crippen molar-refractivity contribution in [2.45, 2.75) is 13.0 Å². The number of halogens is 4. The van der Waals surface area contributed by atoms with Gasteiger partial charge in [-0.3, -0.25) is 0 Å². The van der Waals surface area contributed by atoms with Crippen molar-refractivity contribution in [1.82, 2.24) is 0 Å². The average Bonchev–Trinajstić information content (AvgIpc) is 2.13. The summed E-state index contributed by atoms with van der Waals surface area (Å²) in [6.07, 6.45) is 0.